The van der Waals surface area contributed by atoms with Crippen LogP contribution in [0.15, 0.2) is 40.1 Å². The van der Waals surface area contributed by atoms with Crippen molar-refractivity contribution in [2.45, 2.75) is 12.8 Å². The number of ether oxygens (including phenoxy) is 1. The molecule has 122 valence electrons. The Balaban J connectivity index is 2.11. The number of carbonyl (C=O) groups excluding carboxylic acids is 1. The lowest BCUT2D eigenvalue weighted by atomic mass is 9.87. The van der Waals surface area contributed by atoms with E-state index in [1.165, 1.54) is 0 Å². The Morgan fingerprint density at radius 2 is 2.21 bits per heavy atom. The van der Waals surface area contributed by atoms with Crippen LogP contribution in [-0.4, -0.2) is 17.6 Å². The van der Waals surface area contributed by atoms with Crippen LogP contribution in [0.3, 0.4) is 0 Å². The number of nitrogens with one attached hydrogen (secondary N) is 1. The molecule has 0 unspecified atom stereocenters. The van der Waals surface area contributed by atoms with E-state index in [0.29, 0.717) is 10.7 Å². The average molecular weight is 345 g/mol. The molecule has 0 aliphatic carbocycles. The minimum absolute atomic E-state index is 0.150. The van der Waals surface area contributed by atoms with Crippen molar-refractivity contribution in [3.63, 3.8) is 0 Å². The number of nitrogens with zero attached hydrogens (tertiary/aromatic N) is 2. The molecule has 1 aliphatic heterocycles. The van der Waals surface area contributed by atoms with Crippen LogP contribution in [0.5, 0.6) is 0 Å². The van der Waals surface area contributed by atoms with Crippen LogP contribution in [0.25, 0.3) is 0 Å². The summed E-state index contributed by atoms with van der Waals surface area (Å²) in [6, 6.07) is 9.03. The third kappa shape index (κ3) is 2.68. The third-order valence-corrected chi connectivity index (χ3v) is 3.78. The van der Waals surface area contributed by atoms with Crippen LogP contribution in [0.2, 0.25) is 5.02 Å². The van der Waals surface area contributed by atoms with Crippen molar-refractivity contribution in [1.82, 2.24) is 4.98 Å². The van der Waals surface area contributed by atoms with Crippen LogP contribution in [-0.2, 0) is 4.74 Å². The molecule has 1 aromatic heterocycles. The van der Waals surface area contributed by atoms with Crippen LogP contribution in [0.4, 0.5) is 5.88 Å². The Labute approximate surface area is 142 Å². The summed E-state index contributed by atoms with van der Waals surface area (Å²) in [6.45, 7) is 1.88. The topological polar surface area (TPSA) is 114 Å². The number of anilines is 1. The van der Waals surface area contributed by atoms with Crippen molar-refractivity contribution in [3.05, 3.63) is 57.8 Å². The quantitative estimate of drug-likeness (QED) is 0.822. The molecule has 8 heteroatoms. The summed E-state index contributed by atoms with van der Waals surface area (Å²) in [4.78, 5) is 16.1. The van der Waals surface area contributed by atoms with Crippen LogP contribution >= 0.6 is 11.6 Å². The largest absolute Gasteiger partial charge is 0.459 e. The predicted octanol–water partition coefficient (Wildman–Crippen LogP) is 2.76. The highest BCUT2D eigenvalue weighted by Gasteiger charge is 2.35. The van der Waals surface area contributed by atoms with E-state index in [4.69, 9.17) is 26.5 Å². The van der Waals surface area contributed by atoms with Gasteiger partial charge in [0.2, 0.25) is 5.88 Å². The van der Waals surface area contributed by atoms with Gasteiger partial charge in [-0.15, -0.1) is 0 Å². The second-order valence-electron chi connectivity index (χ2n) is 5.00. The molecule has 2 heterocycles. The number of allylic oxidation sites excluding steroid dienone is 1. The molecule has 3 N–H and O–H groups in total. The lowest BCUT2D eigenvalue weighted by molar-refractivity contribution is 0.0482. The lowest BCUT2D eigenvalue weighted by Gasteiger charge is -2.22. The van der Waals surface area contributed by atoms with E-state index in [1.807, 2.05) is 0 Å². The number of fused-ring (bicyclic) bond motifs is 1. The van der Waals surface area contributed by atoms with Gasteiger partial charge >= 0.3 is 11.9 Å². The number of oxazole rings is 1. The summed E-state index contributed by atoms with van der Waals surface area (Å²) in [5, 5.41) is 12.8. The van der Waals surface area contributed by atoms with Gasteiger partial charge in [0, 0.05) is 5.02 Å². The molecule has 1 aliphatic rings. The number of benzene rings is 1. The fraction of sp³-hybridized carbons (Fsp3) is 0.188. The van der Waals surface area contributed by atoms with Crippen LogP contribution in [0.1, 0.15) is 34.8 Å². The van der Waals surface area contributed by atoms with Crippen LogP contribution < -0.4 is 11.1 Å². The molecule has 1 atom stereocenters. The summed E-state index contributed by atoms with van der Waals surface area (Å²) in [6.07, 6.45) is 0. The minimum Gasteiger partial charge on any atom is -0.459 e. The molecule has 3 rings (SSSR count). The maximum atomic E-state index is 11.8. The third-order valence-electron chi connectivity index (χ3n) is 3.53. The van der Waals surface area contributed by atoms with Crippen molar-refractivity contribution in [2.75, 3.05) is 11.9 Å². The van der Waals surface area contributed by atoms with E-state index in [2.05, 4.69) is 16.4 Å². The molecular weight excluding hydrogens is 332 g/mol. The van der Waals surface area contributed by atoms with Gasteiger partial charge in [0.1, 0.15) is 11.5 Å². The van der Waals surface area contributed by atoms with Crippen molar-refractivity contribution in [3.8, 4) is 6.07 Å². The van der Waals surface area contributed by atoms with Gasteiger partial charge in [-0.3, -0.25) is 0 Å². The summed E-state index contributed by atoms with van der Waals surface area (Å²) in [5.41, 5.74) is 7.36. The van der Waals surface area contributed by atoms with E-state index >= 15 is 0 Å². The van der Waals surface area contributed by atoms with E-state index in [9.17, 15) is 10.1 Å². The lowest BCUT2D eigenvalue weighted by Crippen LogP contribution is -2.22. The molecule has 0 amide bonds. The summed E-state index contributed by atoms with van der Waals surface area (Å²) in [5.74, 6) is -1.07. The van der Waals surface area contributed by atoms with Gasteiger partial charge in [0.25, 0.3) is 0 Å². The Morgan fingerprint density at radius 3 is 2.83 bits per heavy atom. The number of hydrogen-bond donors (Lipinski definition) is 2. The molecule has 0 saturated heterocycles. The maximum Gasteiger partial charge on any atom is 0.394 e. The molecule has 0 bridgehead atoms. The van der Waals surface area contributed by atoms with Crippen molar-refractivity contribution < 1.29 is 13.9 Å². The van der Waals surface area contributed by atoms with Gasteiger partial charge in [-0.05, 0) is 24.6 Å². The summed E-state index contributed by atoms with van der Waals surface area (Å²) in [7, 11) is 0. The molecule has 2 aromatic rings. The van der Waals surface area contributed by atoms with Gasteiger partial charge < -0.3 is 20.2 Å². The molecule has 0 saturated carbocycles. The number of aromatic nitrogens is 1. The molecule has 24 heavy (non-hydrogen) atoms. The zero-order valence-corrected chi connectivity index (χ0v) is 13.4. The fourth-order valence-electron chi connectivity index (χ4n) is 2.48. The highest BCUT2D eigenvalue weighted by molar-refractivity contribution is 6.30. The van der Waals surface area contributed by atoms with E-state index in [-0.39, 0.29) is 29.8 Å². The zero-order valence-electron chi connectivity index (χ0n) is 12.7. The maximum absolute atomic E-state index is 11.8. The standard InChI is InChI=1S/C16H13ClN4O3/c1-2-23-16(22)15-20-12-11(8-3-5-9(17)6-4-8)10(7-18)13(19)21-14(12)24-15/h3-6,11,21H,2,19H2,1H3/t11-/m1/s1. The minimum atomic E-state index is -0.680. The number of esters is 1. The molecule has 0 fully saturated rings. The van der Waals surface area contributed by atoms with Crippen molar-refractivity contribution >= 4 is 23.5 Å². The molecule has 7 nitrogen and oxygen atoms in total. The SMILES string of the molecule is CCOC(=O)c1nc2c(o1)NC(N)=C(C#N)[C@H]2c1ccc(Cl)cc1. The van der Waals surface area contributed by atoms with Crippen molar-refractivity contribution in [2.24, 2.45) is 5.73 Å². The first-order valence-corrected chi connectivity index (χ1v) is 7.53. The monoisotopic (exact) mass is 344 g/mol. The van der Waals surface area contributed by atoms with E-state index in [0.717, 1.165) is 5.56 Å². The highest BCUT2D eigenvalue weighted by Crippen LogP contribution is 2.40. The first kappa shape index (κ1) is 15.9. The predicted molar refractivity (Wildman–Crippen MR) is 86.2 cm³/mol. The average Bonchev–Trinajstić information content (AvgIpc) is 2.98. The van der Waals surface area contributed by atoms with Crippen LogP contribution in [0, 0.1) is 11.3 Å². The molecule has 0 radical (unpaired) electrons. The Kier molecular flexibility index (Phi) is 4.15. The summed E-state index contributed by atoms with van der Waals surface area (Å²) >= 11 is 5.92. The number of halogens is 1. The van der Waals surface area contributed by atoms with Crippen molar-refractivity contribution in [1.29, 1.82) is 5.26 Å². The van der Waals surface area contributed by atoms with Gasteiger partial charge in [-0.25, -0.2) is 9.78 Å². The molecule has 1 aromatic carbocycles. The highest BCUT2D eigenvalue weighted by atomic mass is 35.5. The van der Waals surface area contributed by atoms with Gasteiger partial charge in [0.05, 0.1) is 24.2 Å². The summed E-state index contributed by atoms with van der Waals surface area (Å²) < 4.78 is 10.3. The first-order valence-electron chi connectivity index (χ1n) is 7.15. The number of rotatable bonds is 3. The Bertz CT molecular complexity index is 864. The molecular formula is C16H13ClN4O3. The number of carbonyl (C=O) groups is 1. The zero-order chi connectivity index (χ0) is 17.3. The Morgan fingerprint density at radius 1 is 1.50 bits per heavy atom. The smallest absolute Gasteiger partial charge is 0.394 e. The number of nitriles is 1. The molecule has 0 spiro atoms. The van der Waals surface area contributed by atoms with E-state index < -0.39 is 11.9 Å². The second-order valence-corrected chi connectivity index (χ2v) is 5.44. The van der Waals surface area contributed by atoms with Gasteiger partial charge in [-0.2, -0.15) is 5.26 Å². The fourth-order valence-corrected chi connectivity index (χ4v) is 2.61. The number of hydrogen-bond acceptors (Lipinski definition) is 7. The van der Waals surface area contributed by atoms with Gasteiger partial charge in [-0.1, -0.05) is 23.7 Å². The number of nitrogens with two attached hydrogens (primary N) is 1. The second kappa shape index (κ2) is 6.26. The normalized spacial score (nSPS) is 16.1. The van der Waals surface area contributed by atoms with E-state index in [1.54, 1.807) is 31.2 Å². The first-order chi connectivity index (χ1) is 11.5. The Hall–Kier alpha value is -2.98. The van der Waals surface area contributed by atoms with Gasteiger partial charge in [0.15, 0.2) is 0 Å².